The lowest BCUT2D eigenvalue weighted by atomic mass is 9.88. The summed E-state index contributed by atoms with van der Waals surface area (Å²) in [5.41, 5.74) is 3.75. The molecule has 0 bridgehead atoms. The molecule has 1 nitrogen and oxygen atoms in total. The second kappa shape index (κ2) is 6.19. The maximum Gasteiger partial charge on any atom is 0.126 e. The van der Waals surface area contributed by atoms with E-state index < -0.39 is 0 Å². The van der Waals surface area contributed by atoms with Crippen molar-refractivity contribution in [1.82, 2.24) is 5.32 Å². The molecule has 0 saturated carbocycles. The molecular formula is C18H20FN. The van der Waals surface area contributed by atoms with Crippen LogP contribution in [0.2, 0.25) is 0 Å². The van der Waals surface area contributed by atoms with Crippen molar-refractivity contribution in [2.45, 2.75) is 31.7 Å². The maximum absolute atomic E-state index is 13.5. The standard InChI is InChI=1S/C18H20FN/c19-18-8-4-3-6-15(18)11-12-20-17-10-9-14-5-1-2-7-16(14)13-17/h1-8,17,20H,9-13H2. The van der Waals surface area contributed by atoms with E-state index in [-0.39, 0.29) is 5.82 Å². The summed E-state index contributed by atoms with van der Waals surface area (Å²) in [4.78, 5) is 0. The minimum absolute atomic E-state index is 0.0942. The number of hydrogen-bond donors (Lipinski definition) is 1. The summed E-state index contributed by atoms with van der Waals surface area (Å²) in [7, 11) is 0. The quantitative estimate of drug-likeness (QED) is 0.895. The molecule has 0 heterocycles. The molecule has 1 aliphatic rings. The number of fused-ring (bicyclic) bond motifs is 1. The molecule has 1 unspecified atom stereocenters. The van der Waals surface area contributed by atoms with E-state index in [9.17, 15) is 4.39 Å². The highest BCUT2D eigenvalue weighted by Crippen LogP contribution is 2.21. The van der Waals surface area contributed by atoms with E-state index in [4.69, 9.17) is 0 Å². The van der Waals surface area contributed by atoms with Crippen molar-refractivity contribution in [1.29, 1.82) is 0 Å². The fourth-order valence-electron chi connectivity index (χ4n) is 2.98. The zero-order chi connectivity index (χ0) is 13.8. The Morgan fingerprint density at radius 2 is 1.75 bits per heavy atom. The molecule has 1 aliphatic carbocycles. The molecule has 0 saturated heterocycles. The van der Waals surface area contributed by atoms with E-state index >= 15 is 0 Å². The van der Waals surface area contributed by atoms with E-state index in [2.05, 4.69) is 29.6 Å². The number of aryl methyl sites for hydroxylation is 1. The number of hydrogen-bond acceptors (Lipinski definition) is 1. The first-order valence-corrected chi connectivity index (χ1v) is 7.36. The average molecular weight is 269 g/mol. The van der Waals surface area contributed by atoms with Crippen LogP contribution in [0.4, 0.5) is 4.39 Å². The lowest BCUT2D eigenvalue weighted by molar-refractivity contribution is 0.459. The van der Waals surface area contributed by atoms with Gasteiger partial charge in [0.2, 0.25) is 0 Å². The summed E-state index contributed by atoms with van der Waals surface area (Å²) in [6, 6.07) is 16.2. The topological polar surface area (TPSA) is 12.0 Å². The van der Waals surface area contributed by atoms with E-state index in [1.54, 1.807) is 6.07 Å². The predicted molar refractivity (Wildman–Crippen MR) is 80.4 cm³/mol. The Morgan fingerprint density at radius 1 is 1.00 bits per heavy atom. The van der Waals surface area contributed by atoms with Crippen LogP contribution in [0, 0.1) is 5.82 Å². The van der Waals surface area contributed by atoms with Crippen LogP contribution in [0.3, 0.4) is 0 Å². The molecule has 3 rings (SSSR count). The third-order valence-electron chi connectivity index (χ3n) is 4.13. The molecule has 1 atom stereocenters. The van der Waals surface area contributed by atoms with Gasteiger partial charge >= 0.3 is 0 Å². The molecule has 0 radical (unpaired) electrons. The van der Waals surface area contributed by atoms with Gasteiger partial charge < -0.3 is 5.32 Å². The Bertz CT molecular complexity index is 579. The smallest absolute Gasteiger partial charge is 0.126 e. The van der Waals surface area contributed by atoms with Crippen LogP contribution in [0.15, 0.2) is 48.5 Å². The first kappa shape index (κ1) is 13.3. The Morgan fingerprint density at radius 3 is 2.60 bits per heavy atom. The fourth-order valence-corrected chi connectivity index (χ4v) is 2.98. The van der Waals surface area contributed by atoms with E-state index in [1.165, 1.54) is 23.6 Å². The molecule has 20 heavy (non-hydrogen) atoms. The second-order valence-corrected chi connectivity index (χ2v) is 5.50. The van der Waals surface area contributed by atoms with Crippen LogP contribution in [0.5, 0.6) is 0 Å². The highest BCUT2D eigenvalue weighted by Gasteiger charge is 2.17. The van der Waals surface area contributed by atoms with Gasteiger partial charge in [0.05, 0.1) is 0 Å². The van der Waals surface area contributed by atoms with Crippen molar-refractivity contribution in [2.75, 3.05) is 6.54 Å². The van der Waals surface area contributed by atoms with Gasteiger partial charge in [0.1, 0.15) is 5.82 Å². The third-order valence-corrected chi connectivity index (χ3v) is 4.13. The summed E-state index contributed by atoms with van der Waals surface area (Å²) in [6.07, 6.45) is 4.17. The minimum atomic E-state index is -0.0942. The molecule has 0 aliphatic heterocycles. The molecule has 1 N–H and O–H groups in total. The van der Waals surface area contributed by atoms with Crippen molar-refractivity contribution in [3.8, 4) is 0 Å². The van der Waals surface area contributed by atoms with Gasteiger partial charge in [-0.3, -0.25) is 0 Å². The lowest BCUT2D eigenvalue weighted by Crippen LogP contribution is -2.35. The highest BCUT2D eigenvalue weighted by atomic mass is 19.1. The van der Waals surface area contributed by atoms with Crippen LogP contribution in [0.25, 0.3) is 0 Å². The van der Waals surface area contributed by atoms with E-state index in [0.717, 1.165) is 31.4 Å². The van der Waals surface area contributed by atoms with Crippen molar-refractivity contribution < 1.29 is 4.39 Å². The van der Waals surface area contributed by atoms with Crippen LogP contribution >= 0.6 is 0 Å². The number of benzene rings is 2. The van der Waals surface area contributed by atoms with Crippen molar-refractivity contribution in [3.63, 3.8) is 0 Å². The van der Waals surface area contributed by atoms with Crippen molar-refractivity contribution in [3.05, 3.63) is 71.0 Å². The normalized spacial score (nSPS) is 17.8. The largest absolute Gasteiger partial charge is 0.313 e. The monoisotopic (exact) mass is 269 g/mol. The average Bonchev–Trinajstić information content (AvgIpc) is 2.49. The summed E-state index contributed by atoms with van der Waals surface area (Å²) >= 11 is 0. The molecule has 104 valence electrons. The zero-order valence-corrected chi connectivity index (χ0v) is 11.6. The molecule has 0 spiro atoms. The summed E-state index contributed by atoms with van der Waals surface area (Å²) < 4.78 is 13.5. The van der Waals surface area contributed by atoms with Gasteiger partial charge in [-0.05, 0) is 55.0 Å². The summed E-state index contributed by atoms with van der Waals surface area (Å²) in [5.74, 6) is -0.0942. The van der Waals surface area contributed by atoms with Gasteiger partial charge in [-0.1, -0.05) is 42.5 Å². The molecule has 2 aromatic carbocycles. The zero-order valence-electron chi connectivity index (χ0n) is 11.6. The van der Waals surface area contributed by atoms with Gasteiger partial charge in [-0.2, -0.15) is 0 Å². The number of halogens is 1. The highest BCUT2D eigenvalue weighted by molar-refractivity contribution is 5.30. The SMILES string of the molecule is Fc1ccccc1CCNC1CCc2ccccc2C1. The molecular weight excluding hydrogens is 249 g/mol. The van der Waals surface area contributed by atoms with Gasteiger partial charge in [0.25, 0.3) is 0 Å². The lowest BCUT2D eigenvalue weighted by Gasteiger charge is -2.25. The van der Waals surface area contributed by atoms with Crippen molar-refractivity contribution >= 4 is 0 Å². The molecule has 0 amide bonds. The first-order valence-electron chi connectivity index (χ1n) is 7.36. The van der Waals surface area contributed by atoms with E-state index in [0.29, 0.717) is 6.04 Å². The minimum Gasteiger partial charge on any atom is -0.313 e. The Labute approximate surface area is 119 Å². The Kier molecular flexibility index (Phi) is 4.12. The third kappa shape index (κ3) is 3.07. The Balaban J connectivity index is 1.52. The van der Waals surface area contributed by atoms with Crippen LogP contribution in [-0.2, 0) is 19.3 Å². The van der Waals surface area contributed by atoms with Crippen LogP contribution in [-0.4, -0.2) is 12.6 Å². The maximum atomic E-state index is 13.5. The van der Waals surface area contributed by atoms with Gasteiger partial charge in [-0.15, -0.1) is 0 Å². The number of rotatable bonds is 4. The van der Waals surface area contributed by atoms with Crippen LogP contribution < -0.4 is 5.32 Å². The van der Waals surface area contributed by atoms with Crippen LogP contribution in [0.1, 0.15) is 23.1 Å². The molecule has 2 aromatic rings. The first-order chi connectivity index (χ1) is 9.83. The number of nitrogens with one attached hydrogen (secondary N) is 1. The van der Waals surface area contributed by atoms with Crippen molar-refractivity contribution in [2.24, 2.45) is 0 Å². The summed E-state index contributed by atoms with van der Waals surface area (Å²) in [5, 5.41) is 3.57. The predicted octanol–water partition coefficient (Wildman–Crippen LogP) is 3.52. The van der Waals surface area contributed by atoms with E-state index in [1.807, 2.05) is 12.1 Å². The van der Waals surface area contributed by atoms with Gasteiger partial charge in [0, 0.05) is 6.04 Å². The second-order valence-electron chi connectivity index (χ2n) is 5.50. The van der Waals surface area contributed by atoms with Gasteiger partial charge in [0.15, 0.2) is 0 Å². The molecule has 2 heteroatoms. The molecule has 0 aromatic heterocycles. The van der Waals surface area contributed by atoms with Gasteiger partial charge in [-0.25, -0.2) is 4.39 Å². The Hall–Kier alpha value is -1.67. The summed E-state index contributed by atoms with van der Waals surface area (Å²) in [6.45, 7) is 0.841. The molecule has 0 fully saturated rings. The fraction of sp³-hybridized carbons (Fsp3) is 0.333.